The van der Waals surface area contributed by atoms with E-state index < -0.39 is 10.5 Å². The molecule has 1 N–H and O–H groups in total. The zero-order valence-corrected chi connectivity index (χ0v) is 9.93. The molecule has 1 saturated carbocycles. The topological polar surface area (TPSA) is 81.2 Å². The van der Waals surface area contributed by atoms with E-state index in [9.17, 15) is 15.2 Å². The van der Waals surface area contributed by atoms with Gasteiger partial charge in [0.15, 0.2) is 5.82 Å². The lowest BCUT2D eigenvalue weighted by Gasteiger charge is -2.30. The Labute approximate surface area is 99.4 Å². The molecule has 0 aromatic carbocycles. The highest BCUT2D eigenvalue weighted by molar-refractivity contribution is 5.19. The maximum atomic E-state index is 10.8. The quantitative estimate of drug-likeness (QED) is 0.644. The second kappa shape index (κ2) is 4.44. The molecule has 94 valence electrons. The van der Waals surface area contributed by atoms with E-state index in [1.807, 2.05) is 0 Å². The van der Waals surface area contributed by atoms with E-state index in [4.69, 9.17) is 0 Å². The molecule has 1 aliphatic rings. The summed E-state index contributed by atoms with van der Waals surface area (Å²) in [4.78, 5) is 14.3. The fraction of sp³-hybridized carbons (Fsp3) is 0.727. The van der Waals surface area contributed by atoms with E-state index in [0.29, 0.717) is 18.7 Å². The fourth-order valence-corrected chi connectivity index (χ4v) is 2.46. The van der Waals surface area contributed by atoms with Gasteiger partial charge in [0, 0.05) is 6.92 Å². The fourth-order valence-electron chi connectivity index (χ4n) is 2.46. The van der Waals surface area contributed by atoms with Gasteiger partial charge in [0.05, 0.1) is 0 Å². The molecule has 0 aliphatic heterocycles. The maximum absolute atomic E-state index is 10.8. The SMILES string of the molecule is Cc1ncc([N+](=O)[O-])n1CC1(O)CCCCC1. The molecule has 0 amide bonds. The molecular formula is C11H17N3O3. The number of nitrogens with zero attached hydrogens (tertiary/aromatic N) is 3. The molecule has 1 aromatic heterocycles. The zero-order valence-electron chi connectivity index (χ0n) is 9.93. The van der Waals surface area contributed by atoms with Crippen molar-refractivity contribution in [1.29, 1.82) is 0 Å². The molecule has 0 unspecified atom stereocenters. The van der Waals surface area contributed by atoms with Crippen molar-refractivity contribution in [2.45, 2.75) is 51.2 Å². The van der Waals surface area contributed by atoms with Gasteiger partial charge >= 0.3 is 5.82 Å². The summed E-state index contributed by atoms with van der Waals surface area (Å²) in [6, 6.07) is 0. The monoisotopic (exact) mass is 239 g/mol. The summed E-state index contributed by atoms with van der Waals surface area (Å²) >= 11 is 0. The summed E-state index contributed by atoms with van der Waals surface area (Å²) in [5.74, 6) is 0.539. The zero-order chi connectivity index (χ0) is 12.5. The molecule has 2 rings (SSSR count). The van der Waals surface area contributed by atoms with Crippen LogP contribution in [-0.2, 0) is 6.54 Å². The van der Waals surface area contributed by atoms with Crippen molar-refractivity contribution >= 4 is 5.82 Å². The molecule has 1 heterocycles. The first-order valence-corrected chi connectivity index (χ1v) is 5.91. The Morgan fingerprint density at radius 2 is 2.18 bits per heavy atom. The molecule has 1 aromatic rings. The van der Waals surface area contributed by atoms with Gasteiger partial charge in [-0.05, 0) is 17.8 Å². The Balaban J connectivity index is 2.22. The van der Waals surface area contributed by atoms with Crippen LogP contribution in [0.4, 0.5) is 5.82 Å². The molecule has 0 atom stereocenters. The van der Waals surface area contributed by atoms with Crippen molar-refractivity contribution in [3.63, 3.8) is 0 Å². The first kappa shape index (κ1) is 12.0. The average Bonchev–Trinajstić information content (AvgIpc) is 2.61. The predicted octanol–water partition coefficient (Wildman–Crippen LogP) is 1.79. The van der Waals surface area contributed by atoms with Crippen molar-refractivity contribution in [3.05, 3.63) is 22.1 Å². The number of nitro groups is 1. The van der Waals surface area contributed by atoms with Gasteiger partial charge in [-0.3, -0.25) is 0 Å². The number of aromatic nitrogens is 2. The lowest BCUT2D eigenvalue weighted by molar-refractivity contribution is -0.392. The smallest absolute Gasteiger partial charge is 0.342 e. The Bertz CT molecular complexity index is 422. The second-order valence-electron chi connectivity index (χ2n) is 4.79. The number of hydrogen-bond acceptors (Lipinski definition) is 4. The lowest BCUT2D eigenvalue weighted by atomic mass is 9.85. The van der Waals surface area contributed by atoms with Gasteiger partial charge < -0.3 is 15.2 Å². The van der Waals surface area contributed by atoms with Crippen LogP contribution in [-0.4, -0.2) is 25.2 Å². The minimum atomic E-state index is -0.811. The minimum absolute atomic E-state index is 0.0403. The standard InChI is InChI=1S/C11H17N3O3/c1-9-12-7-10(14(16)17)13(9)8-11(15)5-3-2-4-6-11/h7,15H,2-6,8H2,1H3. The molecule has 0 spiro atoms. The summed E-state index contributed by atoms with van der Waals surface area (Å²) in [6.07, 6.45) is 5.77. The molecule has 6 heteroatoms. The van der Waals surface area contributed by atoms with Gasteiger partial charge in [-0.2, -0.15) is 0 Å². The number of aliphatic hydroxyl groups is 1. The lowest BCUT2D eigenvalue weighted by Crippen LogP contribution is -2.36. The van der Waals surface area contributed by atoms with Crippen molar-refractivity contribution in [1.82, 2.24) is 9.55 Å². The molecule has 0 bridgehead atoms. The van der Waals surface area contributed by atoms with Crippen molar-refractivity contribution in [3.8, 4) is 0 Å². The van der Waals surface area contributed by atoms with Crippen LogP contribution in [0.2, 0.25) is 0 Å². The van der Waals surface area contributed by atoms with Crippen LogP contribution in [0.15, 0.2) is 6.20 Å². The van der Waals surface area contributed by atoms with Crippen LogP contribution in [0.5, 0.6) is 0 Å². The number of imidazole rings is 1. The maximum Gasteiger partial charge on any atom is 0.342 e. The van der Waals surface area contributed by atoms with Crippen molar-refractivity contribution < 1.29 is 10.0 Å². The molecule has 1 fully saturated rings. The molecule has 0 saturated heterocycles. The summed E-state index contributed by atoms with van der Waals surface area (Å²) < 4.78 is 1.51. The highest BCUT2D eigenvalue weighted by Crippen LogP contribution is 2.31. The van der Waals surface area contributed by atoms with Crippen LogP contribution < -0.4 is 0 Å². The van der Waals surface area contributed by atoms with E-state index >= 15 is 0 Å². The van der Waals surface area contributed by atoms with Gasteiger partial charge in [0.2, 0.25) is 0 Å². The second-order valence-corrected chi connectivity index (χ2v) is 4.79. The first-order valence-electron chi connectivity index (χ1n) is 5.91. The van der Waals surface area contributed by atoms with Gasteiger partial charge in [0.1, 0.15) is 18.3 Å². The molecule has 1 aliphatic carbocycles. The van der Waals surface area contributed by atoms with Gasteiger partial charge in [0.25, 0.3) is 0 Å². The first-order chi connectivity index (χ1) is 8.02. The molecule has 0 radical (unpaired) electrons. The summed E-state index contributed by atoms with van der Waals surface area (Å²) in [7, 11) is 0. The van der Waals surface area contributed by atoms with Gasteiger partial charge in [-0.15, -0.1) is 0 Å². The Kier molecular flexibility index (Phi) is 3.15. The Morgan fingerprint density at radius 1 is 1.53 bits per heavy atom. The number of aryl methyl sites for hydroxylation is 1. The van der Waals surface area contributed by atoms with Crippen LogP contribution in [0.1, 0.15) is 37.9 Å². The van der Waals surface area contributed by atoms with Crippen LogP contribution in [0.25, 0.3) is 0 Å². The Hall–Kier alpha value is -1.43. The summed E-state index contributed by atoms with van der Waals surface area (Å²) in [6.45, 7) is 1.99. The van der Waals surface area contributed by atoms with Crippen LogP contribution >= 0.6 is 0 Å². The normalized spacial score (nSPS) is 19.2. The van der Waals surface area contributed by atoms with E-state index in [-0.39, 0.29) is 12.4 Å². The average molecular weight is 239 g/mol. The van der Waals surface area contributed by atoms with E-state index in [2.05, 4.69) is 4.98 Å². The van der Waals surface area contributed by atoms with Gasteiger partial charge in [-0.1, -0.05) is 19.3 Å². The number of rotatable bonds is 3. The van der Waals surface area contributed by atoms with Crippen molar-refractivity contribution in [2.75, 3.05) is 0 Å². The third kappa shape index (κ3) is 2.46. The molecule has 6 nitrogen and oxygen atoms in total. The Morgan fingerprint density at radius 3 is 2.76 bits per heavy atom. The van der Waals surface area contributed by atoms with E-state index in [1.165, 1.54) is 10.8 Å². The van der Waals surface area contributed by atoms with Crippen LogP contribution in [0, 0.1) is 17.0 Å². The molecule has 17 heavy (non-hydrogen) atoms. The highest BCUT2D eigenvalue weighted by atomic mass is 16.6. The predicted molar refractivity (Wildman–Crippen MR) is 61.7 cm³/mol. The van der Waals surface area contributed by atoms with E-state index in [1.54, 1.807) is 6.92 Å². The van der Waals surface area contributed by atoms with Gasteiger partial charge in [-0.25, -0.2) is 9.55 Å². The minimum Gasteiger partial charge on any atom is -0.386 e. The number of hydrogen-bond donors (Lipinski definition) is 1. The van der Waals surface area contributed by atoms with Crippen molar-refractivity contribution in [2.24, 2.45) is 0 Å². The van der Waals surface area contributed by atoms with Crippen LogP contribution in [0.3, 0.4) is 0 Å². The summed E-state index contributed by atoms with van der Waals surface area (Å²) in [5, 5.41) is 21.2. The summed E-state index contributed by atoms with van der Waals surface area (Å²) in [5.41, 5.74) is -0.811. The third-order valence-electron chi connectivity index (χ3n) is 3.46. The largest absolute Gasteiger partial charge is 0.386 e. The van der Waals surface area contributed by atoms with E-state index in [0.717, 1.165) is 19.3 Å². The third-order valence-corrected chi connectivity index (χ3v) is 3.46. The molecular weight excluding hydrogens is 222 g/mol. The highest BCUT2D eigenvalue weighted by Gasteiger charge is 2.34.